The van der Waals surface area contributed by atoms with Gasteiger partial charge in [-0.1, -0.05) is 146 Å². The van der Waals surface area contributed by atoms with E-state index in [4.69, 9.17) is 8.83 Å². The third-order valence-corrected chi connectivity index (χ3v) is 13.9. The smallest absolute Gasteiger partial charge is 0.159 e. The Labute approximate surface area is 377 Å². The third kappa shape index (κ3) is 5.63. The van der Waals surface area contributed by atoms with Gasteiger partial charge in [-0.05, 0) is 130 Å². The second-order valence-electron chi connectivity index (χ2n) is 18.3. The lowest BCUT2D eigenvalue weighted by Crippen LogP contribution is -2.16. The number of hydrogen-bond acceptors (Lipinski definition) is 4. The van der Waals surface area contributed by atoms with Crippen LogP contribution in [0.25, 0.3) is 76.5 Å². The van der Waals surface area contributed by atoms with E-state index >= 15 is 0 Å². The highest BCUT2D eigenvalue weighted by Gasteiger charge is 2.38. The highest BCUT2D eigenvalue weighted by molar-refractivity contribution is 6.12. The van der Waals surface area contributed by atoms with Crippen LogP contribution < -0.4 is 9.80 Å². The van der Waals surface area contributed by atoms with Crippen LogP contribution in [0.1, 0.15) is 36.1 Å². The Kier molecular flexibility index (Phi) is 8.05. The lowest BCUT2D eigenvalue weighted by molar-refractivity contribution is 0.668. The second kappa shape index (κ2) is 14.0. The van der Waals surface area contributed by atoms with Crippen LogP contribution in [0, 0.1) is 13.8 Å². The normalized spacial score (nSPS) is 13.0. The van der Waals surface area contributed by atoms with Gasteiger partial charge in [0.05, 0.1) is 11.4 Å². The van der Waals surface area contributed by atoms with Gasteiger partial charge in [0, 0.05) is 49.7 Å². The van der Waals surface area contributed by atoms with Crippen molar-refractivity contribution in [3.63, 3.8) is 0 Å². The molecule has 0 amide bonds. The van der Waals surface area contributed by atoms with Gasteiger partial charge in [0.1, 0.15) is 11.2 Å². The van der Waals surface area contributed by atoms with E-state index in [0.29, 0.717) is 0 Å². The maximum absolute atomic E-state index is 6.63. The number of hydrogen-bond donors (Lipinski definition) is 0. The number of fused-ring (bicyclic) bond motifs is 13. The molecule has 0 saturated heterocycles. The molecule has 0 fully saturated rings. The van der Waals surface area contributed by atoms with Crippen LogP contribution in [0.4, 0.5) is 34.1 Å². The molecule has 2 aromatic heterocycles. The van der Waals surface area contributed by atoms with E-state index in [1.807, 2.05) is 12.1 Å². The minimum atomic E-state index is -0.264. The number of furan rings is 2. The molecule has 0 bridgehead atoms. The summed E-state index contributed by atoms with van der Waals surface area (Å²) >= 11 is 0. The molecule has 0 atom stereocenters. The molecule has 13 rings (SSSR count). The highest BCUT2D eigenvalue weighted by atomic mass is 16.3. The summed E-state index contributed by atoms with van der Waals surface area (Å²) in [6.45, 7) is 9.08. The average Bonchev–Trinajstić information content (AvgIpc) is 3.99. The van der Waals surface area contributed by atoms with Gasteiger partial charge in [-0.3, -0.25) is 0 Å². The highest BCUT2D eigenvalue weighted by Crippen LogP contribution is 2.55. The predicted octanol–water partition coefficient (Wildman–Crippen LogP) is 17.7. The molecule has 1 aliphatic carbocycles. The molecule has 0 saturated carbocycles. The van der Waals surface area contributed by atoms with Crippen LogP contribution in [0.5, 0.6) is 0 Å². The fourth-order valence-electron chi connectivity index (χ4n) is 10.9. The molecule has 4 nitrogen and oxygen atoms in total. The molecule has 0 N–H and O–H groups in total. The van der Waals surface area contributed by atoms with E-state index in [2.05, 4.69) is 219 Å². The Morgan fingerprint density at radius 2 is 0.754 bits per heavy atom. The molecule has 0 radical (unpaired) electrons. The van der Waals surface area contributed by atoms with Gasteiger partial charge in [-0.25, -0.2) is 0 Å². The Morgan fingerprint density at radius 3 is 1.20 bits per heavy atom. The van der Waals surface area contributed by atoms with E-state index in [1.165, 1.54) is 54.9 Å². The molecule has 1 aliphatic rings. The standard InChI is InChI=1S/C61H44N2O2/c1-37-19-25-41(26-20-37)62(53-15-9-13-51-47-11-5-7-17-55(47)64-59(51)53)43-29-33-45-39(35-43)23-31-49-50-32-24-40-36-44(30-34-46(40)58(50)61(3,4)57(45)49)63(42-27-21-38(2)22-28-42)54-16-10-14-52-48-12-6-8-18-56(48)65-60(52)54/h5-36H,1-4H3. The topological polar surface area (TPSA) is 32.8 Å². The molecule has 0 spiro atoms. The van der Waals surface area contributed by atoms with Crippen LogP contribution in [0.2, 0.25) is 0 Å². The molecule has 10 aromatic carbocycles. The van der Waals surface area contributed by atoms with Crippen molar-refractivity contribution in [2.24, 2.45) is 0 Å². The van der Waals surface area contributed by atoms with Crippen molar-refractivity contribution in [2.45, 2.75) is 33.1 Å². The first-order chi connectivity index (χ1) is 31.8. The first-order valence-electron chi connectivity index (χ1n) is 22.5. The van der Waals surface area contributed by atoms with Crippen LogP contribution in [0.15, 0.2) is 203 Å². The van der Waals surface area contributed by atoms with Crippen molar-refractivity contribution in [3.05, 3.63) is 216 Å². The summed E-state index contributed by atoms with van der Waals surface area (Å²) in [6, 6.07) is 70.4. The summed E-state index contributed by atoms with van der Waals surface area (Å²) < 4.78 is 13.3. The zero-order chi connectivity index (χ0) is 43.6. The lowest BCUT2D eigenvalue weighted by Gasteiger charge is -2.28. The fourth-order valence-corrected chi connectivity index (χ4v) is 10.9. The van der Waals surface area contributed by atoms with Crippen molar-refractivity contribution >= 4 is 99.5 Å². The summed E-state index contributed by atoms with van der Waals surface area (Å²) in [6.07, 6.45) is 0. The van der Waals surface area contributed by atoms with E-state index < -0.39 is 0 Å². The van der Waals surface area contributed by atoms with Gasteiger partial charge in [0.15, 0.2) is 11.2 Å². The lowest BCUT2D eigenvalue weighted by atomic mass is 9.78. The molecule has 2 heterocycles. The van der Waals surface area contributed by atoms with Crippen LogP contribution in [0.3, 0.4) is 0 Å². The number of anilines is 6. The summed E-state index contributed by atoms with van der Waals surface area (Å²) in [7, 11) is 0. The summed E-state index contributed by atoms with van der Waals surface area (Å²) in [5.41, 5.74) is 17.4. The minimum absolute atomic E-state index is 0.264. The van der Waals surface area contributed by atoms with Gasteiger partial charge < -0.3 is 18.6 Å². The number of para-hydroxylation sites is 4. The van der Waals surface area contributed by atoms with E-state index in [-0.39, 0.29) is 5.41 Å². The van der Waals surface area contributed by atoms with E-state index in [1.54, 1.807) is 0 Å². The van der Waals surface area contributed by atoms with Crippen molar-refractivity contribution in [3.8, 4) is 11.1 Å². The van der Waals surface area contributed by atoms with Gasteiger partial charge in [-0.15, -0.1) is 0 Å². The Morgan fingerprint density at radius 1 is 0.354 bits per heavy atom. The van der Waals surface area contributed by atoms with Gasteiger partial charge in [0.25, 0.3) is 0 Å². The molecule has 4 heteroatoms. The number of benzene rings is 10. The van der Waals surface area contributed by atoms with Gasteiger partial charge in [0.2, 0.25) is 0 Å². The van der Waals surface area contributed by atoms with Crippen LogP contribution >= 0.6 is 0 Å². The summed E-state index contributed by atoms with van der Waals surface area (Å²) in [5, 5.41) is 9.42. The molecular weight excluding hydrogens is 793 g/mol. The average molecular weight is 837 g/mol. The Balaban J connectivity index is 0.937. The Bertz CT molecular complexity index is 3640. The third-order valence-electron chi connectivity index (χ3n) is 13.9. The molecule has 310 valence electrons. The first-order valence-corrected chi connectivity index (χ1v) is 22.5. The quantitative estimate of drug-likeness (QED) is 0.167. The number of nitrogens with zero attached hydrogens (tertiary/aromatic N) is 2. The second-order valence-corrected chi connectivity index (χ2v) is 18.3. The van der Waals surface area contributed by atoms with Gasteiger partial charge >= 0.3 is 0 Å². The maximum Gasteiger partial charge on any atom is 0.159 e. The predicted molar refractivity (Wildman–Crippen MR) is 272 cm³/mol. The van der Waals surface area contributed by atoms with Crippen molar-refractivity contribution in [1.82, 2.24) is 0 Å². The first kappa shape index (κ1) is 37.5. The van der Waals surface area contributed by atoms with Crippen LogP contribution in [-0.4, -0.2) is 0 Å². The zero-order valence-corrected chi connectivity index (χ0v) is 36.7. The van der Waals surface area contributed by atoms with Crippen molar-refractivity contribution < 1.29 is 8.83 Å². The molecule has 0 unspecified atom stereocenters. The number of rotatable bonds is 6. The Hall–Kier alpha value is -8.08. The maximum atomic E-state index is 6.63. The molecule has 12 aromatic rings. The molecule has 65 heavy (non-hydrogen) atoms. The SMILES string of the molecule is Cc1ccc(N(c2ccc3c4c(ccc3c2)-c2ccc3cc(N(c5ccc(C)cc5)c5cccc6c5oc5ccccc56)ccc3c2C4(C)C)c2cccc3c2oc2ccccc23)cc1. The summed E-state index contributed by atoms with van der Waals surface area (Å²) in [4.78, 5) is 4.69. The van der Waals surface area contributed by atoms with E-state index in [9.17, 15) is 0 Å². The largest absolute Gasteiger partial charge is 0.454 e. The van der Waals surface area contributed by atoms with Crippen LogP contribution in [-0.2, 0) is 5.41 Å². The molecular formula is C61H44N2O2. The monoisotopic (exact) mass is 836 g/mol. The molecule has 0 aliphatic heterocycles. The zero-order valence-electron chi connectivity index (χ0n) is 36.7. The van der Waals surface area contributed by atoms with Crippen molar-refractivity contribution in [1.29, 1.82) is 0 Å². The fraction of sp³-hybridized carbons (Fsp3) is 0.0820. The number of aryl methyl sites for hydroxylation is 2. The van der Waals surface area contributed by atoms with Gasteiger partial charge in [-0.2, -0.15) is 0 Å². The van der Waals surface area contributed by atoms with E-state index in [0.717, 1.165) is 78.0 Å². The minimum Gasteiger partial charge on any atom is -0.454 e. The van der Waals surface area contributed by atoms with Crippen molar-refractivity contribution in [2.75, 3.05) is 9.80 Å². The summed E-state index contributed by atoms with van der Waals surface area (Å²) in [5.74, 6) is 0.